The Bertz CT molecular complexity index is 448. The molecule has 17 heavy (non-hydrogen) atoms. The van der Waals surface area contributed by atoms with E-state index in [0.717, 1.165) is 18.7 Å². The third-order valence-electron chi connectivity index (χ3n) is 3.46. The second-order valence-electron chi connectivity index (χ2n) is 5.34. The molecule has 1 aromatic carbocycles. The second kappa shape index (κ2) is 4.37. The molecular weight excluding hydrogens is 215 g/mol. The van der Waals surface area contributed by atoms with Gasteiger partial charge in [-0.1, -0.05) is 6.07 Å². The minimum Gasteiger partial charge on any atom is -0.366 e. The molecule has 0 N–H and O–H groups in total. The van der Waals surface area contributed by atoms with E-state index in [0.29, 0.717) is 12.3 Å². The van der Waals surface area contributed by atoms with Crippen LogP contribution in [-0.4, -0.2) is 12.1 Å². The molecular formula is C14H17FN2. The van der Waals surface area contributed by atoms with E-state index in [1.165, 1.54) is 6.07 Å². The first-order chi connectivity index (χ1) is 8.03. The van der Waals surface area contributed by atoms with Gasteiger partial charge in [-0.25, -0.2) is 4.39 Å². The van der Waals surface area contributed by atoms with Crippen LogP contribution in [0, 0.1) is 23.1 Å². The molecule has 1 unspecified atom stereocenters. The SMILES string of the molecule is CC1(C)CC(CC#N)CN1c1cccc(F)c1. The van der Waals surface area contributed by atoms with Crippen molar-refractivity contribution in [3.05, 3.63) is 30.1 Å². The van der Waals surface area contributed by atoms with Crippen molar-refractivity contribution in [2.75, 3.05) is 11.4 Å². The molecule has 1 aliphatic rings. The molecule has 0 spiro atoms. The van der Waals surface area contributed by atoms with Crippen LogP contribution < -0.4 is 4.90 Å². The maximum atomic E-state index is 13.2. The van der Waals surface area contributed by atoms with Gasteiger partial charge in [-0.05, 0) is 44.4 Å². The summed E-state index contributed by atoms with van der Waals surface area (Å²) in [6.07, 6.45) is 1.56. The summed E-state index contributed by atoms with van der Waals surface area (Å²) in [5.74, 6) is 0.181. The maximum absolute atomic E-state index is 13.2. The monoisotopic (exact) mass is 232 g/mol. The molecule has 0 saturated carbocycles. The second-order valence-corrected chi connectivity index (χ2v) is 5.34. The number of rotatable bonds is 2. The minimum absolute atomic E-state index is 0.00465. The van der Waals surface area contributed by atoms with Crippen LogP contribution >= 0.6 is 0 Å². The van der Waals surface area contributed by atoms with E-state index in [4.69, 9.17) is 5.26 Å². The number of halogens is 1. The van der Waals surface area contributed by atoms with E-state index in [1.54, 1.807) is 12.1 Å². The van der Waals surface area contributed by atoms with E-state index in [1.807, 2.05) is 6.07 Å². The maximum Gasteiger partial charge on any atom is 0.125 e. The molecule has 0 aromatic heterocycles. The molecule has 0 radical (unpaired) electrons. The van der Waals surface area contributed by atoms with E-state index < -0.39 is 0 Å². The zero-order valence-electron chi connectivity index (χ0n) is 10.3. The molecule has 0 aliphatic carbocycles. The standard InChI is InChI=1S/C14H17FN2/c1-14(2)9-11(6-7-16)10-17(14)13-5-3-4-12(15)8-13/h3-5,8,11H,6,9-10H2,1-2H3. The smallest absolute Gasteiger partial charge is 0.125 e. The van der Waals surface area contributed by atoms with Crippen molar-refractivity contribution in [2.45, 2.75) is 32.2 Å². The number of nitriles is 1. The highest BCUT2D eigenvalue weighted by Crippen LogP contribution is 2.37. The van der Waals surface area contributed by atoms with Gasteiger partial charge in [0.05, 0.1) is 6.07 Å². The molecule has 0 amide bonds. The van der Waals surface area contributed by atoms with Crippen LogP contribution in [-0.2, 0) is 0 Å². The molecule has 0 bridgehead atoms. The van der Waals surface area contributed by atoms with Crippen LogP contribution in [0.1, 0.15) is 26.7 Å². The molecule has 3 heteroatoms. The van der Waals surface area contributed by atoms with Crippen LogP contribution in [0.3, 0.4) is 0 Å². The minimum atomic E-state index is -0.206. The summed E-state index contributed by atoms with van der Waals surface area (Å²) < 4.78 is 13.2. The van der Waals surface area contributed by atoms with Gasteiger partial charge in [-0.15, -0.1) is 0 Å². The van der Waals surface area contributed by atoms with Crippen molar-refractivity contribution < 1.29 is 4.39 Å². The Balaban J connectivity index is 2.24. The summed E-state index contributed by atoms with van der Waals surface area (Å²) in [5.41, 5.74) is 0.908. The Kier molecular flexibility index (Phi) is 3.06. The lowest BCUT2D eigenvalue weighted by atomic mass is 9.95. The fraction of sp³-hybridized carbons (Fsp3) is 0.500. The Morgan fingerprint density at radius 1 is 1.53 bits per heavy atom. The Morgan fingerprint density at radius 3 is 2.94 bits per heavy atom. The van der Waals surface area contributed by atoms with Gasteiger partial charge < -0.3 is 4.90 Å². The number of hydrogen-bond acceptors (Lipinski definition) is 2. The Morgan fingerprint density at radius 2 is 2.29 bits per heavy atom. The first kappa shape index (κ1) is 11.9. The van der Waals surface area contributed by atoms with Gasteiger partial charge in [0.25, 0.3) is 0 Å². The Hall–Kier alpha value is -1.56. The van der Waals surface area contributed by atoms with Crippen LogP contribution in [0.4, 0.5) is 10.1 Å². The lowest BCUT2D eigenvalue weighted by Crippen LogP contribution is -2.38. The third kappa shape index (κ3) is 2.41. The average Bonchev–Trinajstić information content (AvgIpc) is 2.54. The van der Waals surface area contributed by atoms with Crippen molar-refractivity contribution in [3.63, 3.8) is 0 Å². The van der Waals surface area contributed by atoms with Crippen molar-refractivity contribution in [1.29, 1.82) is 5.26 Å². The summed E-state index contributed by atoms with van der Waals surface area (Å²) in [5, 5.41) is 8.77. The largest absolute Gasteiger partial charge is 0.366 e. The topological polar surface area (TPSA) is 27.0 Å². The van der Waals surface area contributed by atoms with Gasteiger partial charge in [0, 0.05) is 24.2 Å². The molecule has 1 fully saturated rings. The van der Waals surface area contributed by atoms with Gasteiger partial charge in [-0.2, -0.15) is 5.26 Å². The quantitative estimate of drug-likeness (QED) is 0.782. The molecule has 1 saturated heterocycles. The van der Waals surface area contributed by atoms with Crippen molar-refractivity contribution in [1.82, 2.24) is 0 Å². The zero-order chi connectivity index (χ0) is 12.5. The molecule has 1 atom stereocenters. The summed E-state index contributed by atoms with van der Waals surface area (Å²) in [6.45, 7) is 5.13. The van der Waals surface area contributed by atoms with Gasteiger partial charge in [-0.3, -0.25) is 0 Å². The fourth-order valence-electron chi connectivity index (χ4n) is 2.75. The number of benzene rings is 1. The van der Waals surface area contributed by atoms with E-state index >= 15 is 0 Å². The number of anilines is 1. The van der Waals surface area contributed by atoms with E-state index in [9.17, 15) is 4.39 Å². The summed E-state index contributed by atoms with van der Waals surface area (Å²) >= 11 is 0. The molecule has 90 valence electrons. The predicted octanol–water partition coefficient (Wildman–Crippen LogP) is 3.34. The first-order valence-corrected chi connectivity index (χ1v) is 5.93. The highest BCUT2D eigenvalue weighted by Gasteiger charge is 2.38. The van der Waals surface area contributed by atoms with Crippen LogP contribution in [0.5, 0.6) is 0 Å². The molecule has 1 aromatic rings. The third-order valence-corrected chi connectivity index (χ3v) is 3.46. The highest BCUT2D eigenvalue weighted by atomic mass is 19.1. The molecule has 1 aliphatic heterocycles. The molecule has 1 heterocycles. The highest BCUT2D eigenvalue weighted by molar-refractivity contribution is 5.50. The van der Waals surface area contributed by atoms with Crippen LogP contribution in [0.2, 0.25) is 0 Å². The molecule has 2 rings (SSSR count). The van der Waals surface area contributed by atoms with Crippen LogP contribution in [0.25, 0.3) is 0 Å². The van der Waals surface area contributed by atoms with Gasteiger partial charge in [0.15, 0.2) is 0 Å². The molecule has 2 nitrogen and oxygen atoms in total. The lowest BCUT2D eigenvalue weighted by molar-refractivity contribution is 0.476. The van der Waals surface area contributed by atoms with Crippen molar-refractivity contribution in [3.8, 4) is 6.07 Å². The summed E-state index contributed by atoms with van der Waals surface area (Å²) in [4.78, 5) is 2.21. The average molecular weight is 232 g/mol. The van der Waals surface area contributed by atoms with Gasteiger partial charge >= 0.3 is 0 Å². The van der Waals surface area contributed by atoms with Gasteiger partial charge in [0.2, 0.25) is 0 Å². The number of nitrogens with zero attached hydrogens (tertiary/aromatic N) is 2. The first-order valence-electron chi connectivity index (χ1n) is 5.93. The zero-order valence-corrected chi connectivity index (χ0v) is 10.3. The van der Waals surface area contributed by atoms with E-state index in [2.05, 4.69) is 24.8 Å². The predicted molar refractivity (Wildman–Crippen MR) is 66.2 cm³/mol. The number of hydrogen-bond donors (Lipinski definition) is 0. The van der Waals surface area contributed by atoms with Crippen molar-refractivity contribution >= 4 is 5.69 Å². The van der Waals surface area contributed by atoms with Crippen LogP contribution in [0.15, 0.2) is 24.3 Å². The van der Waals surface area contributed by atoms with Gasteiger partial charge in [0.1, 0.15) is 5.82 Å². The normalized spacial score (nSPS) is 22.5. The van der Waals surface area contributed by atoms with E-state index in [-0.39, 0.29) is 11.4 Å². The fourth-order valence-corrected chi connectivity index (χ4v) is 2.75. The Labute approximate surface area is 102 Å². The lowest BCUT2D eigenvalue weighted by Gasteiger charge is -2.33. The van der Waals surface area contributed by atoms with Crippen molar-refractivity contribution in [2.24, 2.45) is 5.92 Å². The summed E-state index contributed by atoms with van der Waals surface area (Å²) in [7, 11) is 0. The summed E-state index contributed by atoms with van der Waals surface area (Å²) in [6, 6.07) is 8.92.